The molecule has 0 radical (unpaired) electrons. The van der Waals surface area contributed by atoms with Gasteiger partial charge in [-0.05, 0) is 31.2 Å². The summed E-state index contributed by atoms with van der Waals surface area (Å²) in [7, 11) is 1.70. The van der Waals surface area contributed by atoms with E-state index in [4.69, 9.17) is 9.47 Å². The van der Waals surface area contributed by atoms with Crippen LogP contribution in [-0.2, 0) is 4.74 Å². The summed E-state index contributed by atoms with van der Waals surface area (Å²) < 4.78 is 10.6. The minimum Gasteiger partial charge on any atom is -0.492 e. The van der Waals surface area contributed by atoms with Gasteiger partial charge in [0.05, 0.1) is 6.61 Å². The number of nitrogens with one attached hydrogen (secondary N) is 1. The molecule has 0 aliphatic carbocycles. The van der Waals surface area contributed by atoms with E-state index in [2.05, 4.69) is 15.7 Å². The Kier molecular flexibility index (Phi) is 5.98. The van der Waals surface area contributed by atoms with E-state index in [9.17, 15) is 0 Å². The van der Waals surface area contributed by atoms with Gasteiger partial charge < -0.3 is 14.8 Å². The van der Waals surface area contributed by atoms with E-state index >= 15 is 0 Å². The van der Waals surface area contributed by atoms with Gasteiger partial charge in [-0.1, -0.05) is 0 Å². The zero-order valence-electron chi connectivity index (χ0n) is 11.9. The Morgan fingerprint density at radius 3 is 2.55 bits per heavy atom. The normalized spacial score (nSPS) is 10.7. The number of aryl methyl sites for hydroxylation is 1. The molecule has 0 fully saturated rings. The van der Waals surface area contributed by atoms with Crippen LogP contribution in [0.15, 0.2) is 29.6 Å². The van der Waals surface area contributed by atoms with E-state index < -0.39 is 0 Å². The van der Waals surface area contributed by atoms with Crippen LogP contribution < -0.4 is 10.1 Å². The molecule has 2 aromatic rings. The first-order chi connectivity index (χ1) is 9.79. The van der Waals surface area contributed by atoms with Crippen LogP contribution in [0.1, 0.15) is 5.69 Å². The summed E-state index contributed by atoms with van der Waals surface area (Å²) in [5, 5.41) is 6.35. The van der Waals surface area contributed by atoms with Gasteiger partial charge in [0.1, 0.15) is 17.4 Å². The molecule has 1 N–H and O–H groups in total. The molecule has 5 heteroatoms. The fourth-order valence-electron chi connectivity index (χ4n) is 1.72. The summed E-state index contributed by atoms with van der Waals surface area (Å²) in [4.78, 5) is 4.47. The molecule has 0 spiro atoms. The van der Waals surface area contributed by atoms with E-state index in [1.165, 1.54) is 0 Å². The van der Waals surface area contributed by atoms with Gasteiger partial charge in [-0.15, -0.1) is 11.3 Å². The molecule has 0 bridgehead atoms. The Morgan fingerprint density at radius 1 is 1.15 bits per heavy atom. The lowest BCUT2D eigenvalue weighted by atomic mass is 10.2. The minimum absolute atomic E-state index is 0.652. The summed E-state index contributed by atoms with van der Waals surface area (Å²) in [5.74, 6) is 0.885. The quantitative estimate of drug-likeness (QED) is 0.760. The number of rotatable bonds is 8. The summed E-state index contributed by atoms with van der Waals surface area (Å²) in [5.41, 5.74) is 2.20. The largest absolute Gasteiger partial charge is 0.492 e. The smallest absolute Gasteiger partial charge is 0.123 e. The fourth-order valence-corrected chi connectivity index (χ4v) is 2.52. The van der Waals surface area contributed by atoms with Crippen LogP contribution in [0.25, 0.3) is 10.6 Å². The highest BCUT2D eigenvalue weighted by molar-refractivity contribution is 7.13. The van der Waals surface area contributed by atoms with Crippen LogP contribution in [0.2, 0.25) is 0 Å². The SMILES string of the molecule is COCCNCCOc1ccc(-c2nc(C)cs2)cc1. The van der Waals surface area contributed by atoms with Gasteiger partial charge >= 0.3 is 0 Å². The van der Waals surface area contributed by atoms with Gasteiger partial charge in [0.15, 0.2) is 0 Å². The van der Waals surface area contributed by atoms with E-state index in [1.807, 2.05) is 31.2 Å². The van der Waals surface area contributed by atoms with Crippen molar-refractivity contribution in [3.8, 4) is 16.3 Å². The van der Waals surface area contributed by atoms with Crippen molar-refractivity contribution in [3.63, 3.8) is 0 Å². The number of methoxy groups -OCH3 is 1. The first-order valence-corrected chi connectivity index (χ1v) is 7.52. The molecule has 2 rings (SSSR count). The lowest BCUT2D eigenvalue weighted by Gasteiger charge is -2.07. The summed E-state index contributed by atoms with van der Waals surface area (Å²) in [6.45, 7) is 5.05. The van der Waals surface area contributed by atoms with Gasteiger partial charge in [0.25, 0.3) is 0 Å². The molecule has 1 aromatic carbocycles. The molecule has 0 saturated heterocycles. The van der Waals surface area contributed by atoms with Gasteiger partial charge in [-0.3, -0.25) is 0 Å². The Bertz CT molecular complexity index is 511. The minimum atomic E-state index is 0.652. The first-order valence-electron chi connectivity index (χ1n) is 6.64. The van der Waals surface area contributed by atoms with Crippen molar-refractivity contribution in [2.75, 3.05) is 33.4 Å². The molecule has 0 aliphatic heterocycles. The summed E-state index contributed by atoms with van der Waals surface area (Å²) in [6, 6.07) is 8.07. The summed E-state index contributed by atoms with van der Waals surface area (Å²) >= 11 is 1.66. The van der Waals surface area contributed by atoms with E-state index in [0.717, 1.165) is 41.7 Å². The Morgan fingerprint density at radius 2 is 1.90 bits per heavy atom. The van der Waals surface area contributed by atoms with Crippen molar-refractivity contribution in [2.45, 2.75) is 6.92 Å². The molecule has 0 amide bonds. The number of ether oxygens (including phenoxy) is 2. The lowest BCUT2D eigenvalue weighted by Crippen LogP contribution is -2.24. The van der Waals surface area contributed by atoms with Crippen molar-refractivity contribution < 1.29 is 9.47 Å². The van der Waals surface area contributed by atoms with Crippen LogP contribution in [0.3, 0.4) is 0 Å². The average molecular weight is 292 g/mol. The molecule has 1 aromatic heterocycles. The maximum Gasteiger partial charge on any atom is 0.123 e. The molecule has 0 saturated carbocycles. The van der Waals surface area contributed by atoms with Crippen molar-refractivity contribution in [2.24, 2.45) is 0 Å². The van der Waals surface area contributed by atoms with E-state index in [1.54, 1.807) is 18.4 Å². The van der Waals surface area contributed by atoms with Gasteiger partial charge in [0.2, 0.25) is 0 Å². The third kappa shape index (κ3) is 4.59. The topological polar surface area (TPSA) is 43.4 Å². The van der Waals surface area contributed by atoms with Gasteiger partial charge in [-0.2, -0.15) is 0 Å². The maximum atomic E-state index is 5.66. The highest BCUT2D eigenvalue weighted by Crippen LogP contribution is 2.25. The Balaban J connectivity index is 1.77. The third-order valence-electron chi connectivity index (χ3n) is 2.75. The number of hydrogen-bond donors (Lipinski definition) is 1. The molecule has 0 unspecified atom stereocenters. The Hall–Kier alpha value is -1.43. The number of benzene rings is 1. The molecule has 4 nitrogen and oxygen atoms in total. The van der Waals surface area contributed by atoms with Gasteiger partial charge in [0, 0.05) is 36.8 Å². The first kappa shape index (κ1) is 15.0. The monoisotopic (exact) mass is 292 g/mol. The van der Waals surface area contributed by atoms with Crippen LogP contribution in [0.4, 0.5) is 0 Å². The van der Waals surface area contributed by atoms with Crippen LogP contribution in [-0.4, -0.2) is 38.4 Å². The highest BCUT2D eigenvalue weighted by Gasteiger charge is 2.02. The second-order valence-electron chi connectivity index (χ2n) is 4.41. The van der Waals surface area contributed by atoms with Crippen molar-refractivity contribution in [1.29, 1.82) is 0 Å². The van der Waals surface area contributed by atoms with Crippen molar-refractivity contribution in [3.05, 3.63) is 35.3 Å². The molecular formula is C15H20N2O2S. The predicted octanol–water partition coefficient (Wildman–Crippen LogP) is 2.73. The predicted molar refractivity (Wildman–Crippen MR) is 82.5 cm³/mol. The zero-order valence-corrected chi connectivity index (χ0v) is 12.7. The van der Waals surface area contributed by atoms with Crippen LogP contribution in [0.5, 0.6) is 5.75 Å². The fraction of sp³-hybridized carbons (Fsp3) is 0.400. The molecular weight excluding hydrogens is 272 g/mol. The zero-order chi connectivity index (χ0) is 14.2. The molecule has 0 atom stereocenters. The standard InChI is InChI=1S/C15H20N2O2S/c1-12-11-20-15(17-12)13-3-5-14(6-4-13)19-10-8-16-7-9-18-2/h3-6,11,16H,7-10H2,1-2H3. The average Bonchev–Trinajstić information content (AvgIpc) is 2.90. The molecule has 108 valence electrons. The van der Waals surface area contributed by atoms with Gasteiger partial charge in [-0.25, -0.2) is 4.98 Å². The van der Waals surface area contributed by atoms with Crippen molar-refractivity contribution in [1.82, 2.24) is 10.3 Å². The van der Waals surface area contributed by atoms with E-state index in [0.29, 0.717) is 6.61 Å². The Labute approximate surface area is 123 Å². The van der Waals surface area contributed by atoms with E-state index in [-0.39, 0.29) is 0 Å². The highest BCUT2D eigenvalue weighted by atomic mass is 32.1. The molecule has 20 heavy (non-hydrogen) atoms. The lowest BCUT2D eigenvalue weighted by molar-refractivity contribution is 0.197. The van der Waals surface area contributed by atoms with Crippen LogP contribution >= 0.6 is 11.3 Å². The molecule has 1 heterocycles. The second kappa shape index (κ2) is 7.99. The number of aromatic nitrogens is 1. The summed E-state index contributed by atoms with van der Waals surface area (Å²) in [6.07, 6.45) is 0. The van der Waals surface area contributed by atoms with Crippen molar-refractivity contribution >= 4 is 11.3 Å². The maximum absolute atomic E-state index is 5.66. The number of thiazole rings is 1. The third-order valence-corrected chi connectivity index (χ3v) is 3.76. The molecule has 0 aliphatic rings. The number of hydrogen-bond acceptors (Lipinski definition) is 5. The second-order valence-corrected chi connectivity index (χ2v) is 5.27. The number of nitrogens with zero attached hydrogens (tertiary/aromatic N) is 1. The van der Waals surface area contributed by atoms with Crippen LogP contribution in [0, 0.1) is 6.92 Å².